The Balaban J connectivity index is 0.928. The number of ketones is 2. The monoisotopic (exact) mass is 649 g/mol. The van der Waals surface area contributed by atoms with E-state index in [2.05, 4.69) is 35.2 Å². The molecule has 1 saturated heterocycles. The minimum Gasteiger partial charge on any atom is -0.303 e. The van der Waals surface area contributed by atoms with E-state index in [0.29, 0.717) is 18.8 Å². The van der Waals surface area contributed by atoms with E-state index >= 15 is 0 Å². The lowest BCUT2D eigenvalue weighted by Gasteiger charge is -2.33. The van der Waals surface area contributed by atoms with Gasteiger partial charge in [-0.3, -0.25) is 9.59 Å². The first kappa shape index (κ1) is 32.5. The highest BCUT2D eigenvalue weighted by molar-refractivity contribution is 6.02. The molecule has 1 fully saturated rings. The number of carbonyl (C=O) groups is 2. The predicted octanol–water partition coefficient (Wildman–Crippen LogP) is 9.98. The van der Waals surface area contributed by atoms with Crippen molar-refractivity contribution < 1.29 is 22.8 Å². The summed E-state index contributed by atoms with van der Waals surface area (Å²) in [5.41, 5.74) is 8.35. The van der Waals surface area contributed by atoms with Crippen molar-refractivity contribution in [1.82, 2.24) is 4.90 Å². The number of nitrogens with zero attached hydrogens (tertiary/aromatic N) is 1. The van der Waals surface area contributed by atoms with E-state index in [9.17, 15) is 22.8 Å². The van der Waals surface area contributed by atoms with Gasteiger partial charge < -0.3 is 4.90 Å². The summed E-state index contributed by atoms with van der Waals surface area (Å²) in [5, 5.41) is 0. The number of hydrogen-bond donors (Lipinski definition) is 0. The van der Waals surface area contributed by atoms with Crippen LogP contribution in [0.25, 0.3) is 22.3 Å². The average molecular weight is 650 g/mol. The Kier molecular flexibility index (Phi) is 9.12. The SMILES string of the molecule is O=C(CCC1CCN(CCCCC2(C(=O)CCC(F)(F)F)c3ccccc3-c3ccccc32)CC1)c1cccc2c1Cc1ccccc1-2. The third-order valence-electron chi connectivity index (χ3n) is 11.1. The normalized spacial score (nSPS) is 16.6. The van der Waals surface area contributed by atoms with E-state index in [1.165, 1.54) is 22.3 Å². The first-order valence-corrected chi connectivity index (χ1v) is 17.5. The molecule has 248 valence electrons. The van der Waals surface area contributed by atoms with E-state index in [4.69, 9.17) is 0 Å². The summed E-state index contributed by atoms with van der Waals surface area (Å²) in [4.78, 5) is 29.7. The van der Waals surface area contributed by atoms with E-state index in [-0.39, 0.29) is 11.6 Å². The van der Waals surface area contributed by atoms with Gasteiger partial charge in [0.1, 0.15) is 5.78 Å². The van der Waals surface area contributed by atoms with Gasteiger partial charge in [-0.25, -0.2) is 0 Å². The van der Waals surface area contributed by atoms with Gasteiger partial charge >= 0.3 is 6.18 Å². The number of carbonyl (C=O) groups excluding carboxylic acids is 2. The molecule has 0 bridgehead atoms. The predicted molar refractivity (Wildman–Crippen MR) is 184 cm³/mol. The van der Waals surface area contributed by atoms with Crippen molar-refractivity contribution in [3.8, 4) is 22.3 Å². The summed E-state index contributed by atoms with van der Waals surface area (Å²) in [6.07, 6.45) is 0.584. The van der Waals surface area contributed by atoms with Crippen LogP contribution < -0.4 is 0 Å². The zero-order valence-electron chi connectivity index (χ0n) is 27.3. The Morgan fingerprint density at radius 1 is 0.729 bits per heavy atom. The maximum absolute atomic E-state index is 13.8. The van der Waals surface area contributed by atoms with Crippen molar-refractivity contribution in [2.24, 2.45) is 5.92 Å². The lowest BCUT2D eigenvalue weighted by Crippen LogP contribution is -2.37. The smallest absolute Gasteiger partial charge is 0.303 e. The van der Waals surface area contributed by atoms with Crippen molar-refractivity contribution in [3.63, 3.8) is 0 Å². The summed E-state index contributed by atoms with van der Waals surface area (Å²) < 4.78 is 39.7. The summed E-state index contributed by atoms with van der Waals surface area (Å²) >= 11 is 0. The molecular formula is C42H42F3NO2. The average Bonchev–Trinajstić information content (AvgIpc) is 3.62. The topological polar surface area (TPSA) is 37.4 Å². The van der Waals surface area contributed by atoms with Crippen LogP contribution in [0.2, 0.25) is 0 Å². The second kappa shape index (κ2) is 13.5. The summed E-state index contributed by atoms with van der Waals surface area (Å²) in [6, 6.07) is 30.0. The molecule has 3 nitrogen and oxygen atoms in total. The number of unbranched alkanes of at least 4 members (excludes halogenated alkanes) is 1. The Labute approximate surface area is 281 Å². The summed E-state index contributed by atoms with van der Waals surface area (Å²) in [5.74, 6) is 0.439. The van der Waals surface area contributed by atoms with Crippen LogP contribution >= 0.6 is 0 Å². The van der Waals surface area contributed by atoms with Gasteiger partial charge in [-0.15, -0.1) is 0 Å². The molecule has 0 radical (unpaired) electrons. The number of alkyl halides is 3. The number of rotatable bonds is 12. The van der Waals surface area contributed by atoms with Crippen LogP contribution in [0.1, 0.15) is 90.4 Å². The summed E-state index contributed by atoms with van der Waals surface area (Å²) in [6.45, 7) is 2.87. The van der Waals surface area contributed by atoms with Crippen molar-refractivity contribution in [1.29, 1.82) is 0 Å². The highest BCUT2D eigenvalue weighted by Gasteiger charge is 2.48. The summed E-state index contributed by atoms with van der Waals surface area (Å²) in [7, 11) is 0. The van der Waals surface area contributed by atoms with E-state index in [1.54, 1.807) is 0 Å². The van der Waals surface area contributed by atoms with E-state index < -0.39 is 24.4 Å². The minimum atomic E-state index is -4.37. The molecule has 0 aromatic heterocycles. The first-order valence-electron chi connectivity index (χ1n) is 17.5. The van der Waals surface area contributed by atoms with Crippen LogP contribution in [0.15, 0.2) is 91.0 Å². The molecule has 0 amide bonds. The number of Topliss-reactive ketones (excluding diaryl/α,β-unsaturated/α-hetero) is 2. The van der Waals surface area contributed by atoms with Crippen molar-refractivity contribution in [2.75, 3.05) is 19.6 Å². The third kappa shape index (κ3) is 6.27. The number of hydrogen-bond acceptors (Lipinski definition) is 3. The van der Waals surface area contributed by atoms with Gasteiger partial charge in [-0.1, -0.05) is 97.4 Å². The van der Waals surface area contributed by atoms with E-state index in [1.807, 2.05) is 60.7 Å². The second-order valence-electron chi connectivity index (χ2n) is 13.9. The van der Waals surface area contributed by atoms with E-state index in [0.717, 1.165) is 86.0 Å². The Hall–Kier alpha value is -4.03. The molecular weight excluding hydrogens is 607 g/mol. The highest BCUT2D eigenvalue weighted by atomic mass is 19.4. The number of benzene rings is 4. The molecule has 0 atom stereocenters. The molecule has 1 heterocycles. The van der Waals surface area contributed by atoms with Gasteiger partial charge in [-0.05, 0) is 109 Å². The van der Waals surface area contributed by atoms with Crippen LogP contribution in [-0.2, 0) is 16.6 Å². The highest BCUT2D eigenvalue weighted by Crippen LogP contribution is 2.52. The quantitative estimate of drug-likeness (QED) is 0.0997. The maximum Gasteiger partial charge on any atom is 0.389 e. The van der Waals surface area contributed by atoms with Crippen LogP contribution in [0, 0.1) is 5.92 Å². The van der Waals surface area contributed by atoms with Gasteiger partial charge in [0, 0.05) is 18.4 Å². The zero-order chi connectivity index (χ0) is 33.3. The third-order valence-corrected chi connectivity index (χ3v) is 11.1. The van der Waals surface area contributed by atoms with Gasteiger partial charge in [-0.2, -0.15) is 13.2 Å². The number of piperidine rings is 1. The molecule has 1 aliphatic heterocycles. The molecule has 4 aromatic carbocycles. The number of fused-ring (bicyclic) bond motifs is 6. The molecule has 4 aromatic rings. The van der Waals surface area contributed by atoms with Crippen molar-refractivity contribution >= 4 is 11.6 Å². The molecule has 3 aliphatic rings. The number of halogens is 3. The largest absolute Gasteiger partial charge is 0.389 e. The minimum absolute atomic E-state index is 0.246. The van der Waals surface area contributed by atoms with Gasteiger partial charge in [0.05, 0.1) is 11.8 Å². The molecule has 0 spiro atoms. The lowest BCUT2D eigenvalue weighted by atomic mass is 9.70. The second-order valence-corrected chi connectivity index (χ2v) is 13.9. The van der Waals surface area contributed by atoms with Gasteiger partial charge in [0.25, 0.3) is 0 Å². The maximum atomic E-state index is 13.8. The molecule has 0 N–H and O–H groups in total. The fourth-order valence-electron chi connectivity index (χ4n) is 8.62. The number of likely N-dealkylation sites (tertiary alicyclic amines) is 1. The van der Waals surface area contributed by atoms with Crippen LogP contribution in [0.5, 0.6) is 0 Å². The Morgan fingerprint density at radius 2 is 1.35 bits per heavy atom. The Morgan fingerprint density at radius 3 is 2.04 bits per heavy atom. The fourth-order valence-corrected chi connectivity index (χ4v) is 8.62. The van der Waals surface area contributed by atoms with Crippen LogP contribution in [0.3, 0.4) is 0 Å². The van der Waals surface area contributed by atoms with Gasteiger partial charge in [0.15, 0.2) is 5.78 Å². The lowest BCUT2D eigenvalue weighted by molar-refractivity contribution is -0.145. The standard InChI is InChI=1S/C42H42F3NO2/c43-42(44,45)24-20-40(48)41(37-16-5-3-12-33(37)34-13-4-6-17-38(34)41)23-7-8-25-46-26-21-29(22-27-46)18-19-39(47)35-15-9-14-32-31-11-2-1-10-30(31)28-36(32)35/h1-6,9-17,29H,7-8,18-28H2. The molecule has 7 rings (SSSR count). The van der Waals surface area contributed by atoms with Crippen LogP contribution in [-0.4, -0.2) is 42.3 Å². The fraction of sp³-hybridized carbons (Fsp3) is 0.381. The molecule has 2 aliphatic carbocycles. The molecule has 0 saturated carbocycles. The van der Waals surface area contributed by atoms with Gasteiger partial charge in [0.2, 0.25) is 0 Å². The molecule has 0 unspecified atom stereocenters. The zero-order valence-corrected chi connectivity index (χ0v) is 27.3. The first-order chi connectivity index (χ1) is 23.2. The molecule has 48 heavy (non-hydrogen) atoms. The van der Waals surface area contributed by atoms with Crippen molar-refractivity contribution in [3.05, 3.63) is 119 Å². The Bertz CT molecular complexity index is 1770. The molecule has 6 heteroatoms. The van der Waals surface area contributed by atoms with Crippen molar-refractivity contribution in [2.45, 2.75) is 75.8 Å². The van der Waals surface area contributed by atoms with Crippen LogP contribution in [0.4, 0.5) is 13.2 Å².